The molecule has 2 N–H and O–H groups in total. The standard InChI is InChI=1S/C22H25N3O4/c1-14-12-17(15(2)25(14)20-9-10-20)4-11-22(28)29-13-21(27)24-19-7-5-18(6-8-19)23-16(3)26/h4-8,11-12,20H,9-10,13H2,1-3H3,(H,23,26)(H,24,27)/b11-4+. The monoisotopic (exact) mass is 395 g/mol. The molecular formula is C22H25N3O4. The van der Waals surface area contributed by atoms with Gasteiger partial charge in [0, 0.05) is 41.8 Å². The van der Waals surface area contributed by atoms with Crippen LogP contribution in [0.1, 0.15) is 42.8 Å². The largest absolute Gasteiger partial charge is 0.452 e. The second-order valence-electron chi connectivity index (χ2n) is 7.18. The highest BCUT2D eigenvalue weighted by molar-refractivity contribution is 5.95. The first-order chi connectivity index (χ1) is 13.8. The van der Waals surface area contributed by atoms with Crippen LogP contribution in [0.3, 0.4) is 0 Å². The number of carbonyl (C=O) groups is 3. The van der Waals surface area contributed by atoms with E-state index in [4.69, 9.17) is 4.74 Å². The summed E-state index contributed by atoms with van der Waals surface area (Å²) < 4.78 is 7.31. The van der Waals surface area contributed by atoms with E-state index < -0.39 is 11.9 Å². The Hall–Kier alpha value is -3.35. The summed E-state index contributed by atoms with van der Waals surface area (Å²) in [6.45, 7) is 5.15. The summed E-state index contributed by atoms with van der Waals surface area (Å²) in [6, 6.07) is 9.28. The van der Waals surface area contributed by atoms with Gasteiger partial charge in [0.25, 0.3) is 5.91 Å². The summed E-state index contributed by atoms with van der Waals surface area (Å²) in [6.07, 6.45) is 5.47. The van der Waals surface area contributed by atoms with Crippen LogP contribution in [-0.2, 0) is 19.1 Å². The molecule has 3 rings (SSSR count). The van der Waals surface area contributed by atoms with E-state index >= 15 is 0 Å². The van der Waals surface area contributed by atoms with E-state index in [0.29, 0.717) is 17.4 Å². The Morgan fingerprint density at radius 1 is 1.10 bits per heavy atom. The molecule has 2 aromatic rings. The van der Waals surface area contributed by atoms with Crippen LogP contribution in [0, 0.1) is 13.8 Å². The molecule has 1 aliphatic rings. The minimum Gasteiger partial charge on any atom is -0.452 e. The number of benzene rings is 1. The third-order valence-electron chi connectivity index (χ3n) is 4.67. The number of nitrogens with one attached hydrogen (secondary N) is 2. The van der Waals surface area contributed by atoms with Crippen molar-refractivity contribution in [3.05, 3.63) is 53.4 Å². The molecule has 7 heteroatoms. The van der Waals surface area contributed by atoms with Gasteiger partial charge in [-0.05, 0) is 68.7 Å². The molecule has 1 heterocycles. The number of carbonyl (C=O) groups excluding carboxylic acids is 3. The molecule has 7 nitrogen and oxygen atoms in total. The van der Waals surface area contributed by atoms with Gasteiger partial charge in [0.05, 0.1) is 0 Å². The number of anilines is 2. The van der Waals surface area contributed by atoms with Crippen LogP contribution in [0.2, 0.25) is 0 Å². The molecule has 0 spiro atoms. The fourth-order valence-electron chi connectivity index (χ4n) is 3.25. The van der Waals surface area contributed by atoms with E-state index in [2.05, 4.69) is 28.2 Å². The lowest BCUT2D eigenvalue weighted by atomic mass is 10.2. The number of aromatic nitrogens is 1. The first-order valence-electron chi connectivity index (χ1n) is 9.54. The highest BCUT2D eigenvalue weighted by Crippen LogP contribution is 2.38. The average Bonchev–Trinajstić information content (AvgIpc) is 3.45. The fourth-order valence-corrected chi connectivity index (χ4v) is 3.25. The van der Waals surface area contributed by atoms with Gasteiger partial charge in [0.2, 0.25) is 5.91 Å². The van der Waals surface area contributed by atoms with Gasteiger partial charge in [-0.1, -0.05) is 0 Å². The van der Waals surface area contributed by atoms with Crippen LogP contribution in [0.15, 0.2) is 36.4 Å². The molecule has 0 atom stereocenters. The lowest BCUT2D eigenvalue weighted by Crippen LogP contribution is -2.20. The molecule has 1 aromatic heterocycles. The van der Waals surface area contributed by atoms with Gasteiger partial charge in [-0.25, -0.2) is 4.79 Å². The van der Waals surface area contributed by atoms with Crippen LogP contribution in [0.4, 0.5) is 11.4 Å². The minimum absolute atomic E-state index is 0.170. The molecule has 0 aliphatic heterocycles. The van der Waals surface area contributed by atoms with Crippen molar-refractivity contribution in [2.75, 3.05) is 17.2 Å². The first kappa shape index (κ1) is 20.4. The lowest BCUT2D eigenvalue weighted by Gasteiger charge is -2.07. The number of amides is 2. The molecule has 0 radical (unpaired) electrons. The molecule has 1 fully saturated rings. The summed E-state index contributed by atoms with van der Waals surface area (Å²) in [7, 11) is 0. The predicted molar refractivity (Wildman–Crippen MR) is 112 cm³/mol. The van der Waals surface area contributed by atoms with Crippen LogP contribution in [-0.4, -0.2) is 29.0 Å². The maximum absolute atomic E-state index is 12.0. The Kier molecular flexibility index (Phi) is 6.16. The van der Waals surface area contributed by atoms with E-state index in [0.717, 1.165) is 11.3 Å². The topological polar surface area (TPSA) is 89.4 Å². The Balaban J connectivity index is 1.47. The van der Waals surface area contributed by atoms with E-state index in [9.17, 15) is 14.4 Å². The quantitative estimate of drug-likeness (QED) is 0.554. The average molecular weight is 395 g/mol. The highest BCUT2D eigenvalue weighted by Gasteiger charge is 2.26. The number of aryl methyl sites for hydroxylation is 1. The Morgan fingerprint density at radius 3 is 2.31 bits per heavy atom. The number of hydrogen-bond acceptors (Lipinski definition) is 4. The van der Waals surface area contributed by atoms with Crippen molar-refractivity contribution in [2.45, 2.75) is 39.7 Å². The molecule has 0 bridgehead atoms. The molecule has 1 aromatic carbocycles. The van der Waals surface area contributed by atoms with Crippen molar-refractivity contribution < 1.29 is 19.1 Å². The van der Waals surface area contributed by atoms with Crippen molar-refractivity contribution in [1.82, 2.24) is 4.57 Å². The third-order valence-corrected chi connectivity index (χ3v) is 4.67. The highest BCUT2D eigenvalue weighted by atomic mass is 16.5. The fraction of sp³-hybridized carbons (Fsp3) is 0.318. The number of hydrogen-bond donors (Lipinski definition) is 2. The first-order valence-corrected chi connectivity index (χ1v) is 9.54. The van der Waals surface area contributed by atoms with Crippen molar-refractivity contribution in [1.29, 1.82) is 0 Å². The van der Waals surface area contributed by atoms with Crippen LogP contribution in [0.25, 0.3) is 6.08 Å². The molecule has 29 heavy (non-hydrogen) atoms. The van der Waals surface area contributed by atoms with E-state index in [1.807, 2.05) is 6.92 Å². The van der Waals surface area contributed by atoms with Crippen molar-refractivity contribution in [3.8, 4) is 0 Å². The van der Waals surface area contributed by atoms with Gasteiger partial charge in [0.15, 0.2) is 6.61 Å². The molecule has 0 saturated heterocycles. The molecule has 152 valence electrons. The zero-order valence-electron chi connectivity index (χ0n) is 16.8. The van der Waals surface area contributed by atoms with Crippen molar-refractivity contribution >= 4 is 35.2 Å². The second-order valence-corrected chi connectivity index (χ2v) is 7.18. The van der Waals surface area contributed by atoms with Crippen LogP contribution < -0.4 is 10.6 Å². The van der Waals surface area contributed by atoms with Gasteiger partial charge in [-0.15, -0.1) is 0 Å². The van der Waals surface area contributed by atoms with E-state index in [-0.39, 0.29) is 12.5 Å². The molecule has 1 aliphatic carbocycles. The van der Waals surface area contributed by atoms with Gasteiger partial charge in [0.1, 0.15) is 0 Å². The number of ether oxygens (including phenoxy) is 1. The predicted octanol–water partition coefficient (Wildman–Crippen LogP) is 3.59. The van der Waals surface area contributed by atoms with Crippen LogP contribution in [0.5, 0.6) is 0 Å². The summed E-state index contributed by atoms with van der Waals surface area (Å²) in [5, 5.41) is 5.28. The Morgan fingerprint density at radius 2 is 1.72 bits per heavy atom. The zero-order valence-corrected chi connectivity index (χ0v) is 16.8. The molecule has 2 amide bonds. The van der Waals surface area contributed by atoms with E-state index in [1.54, 1.807) is 30.3 Å². The van der Waals surface area contributed by atoms with Gasteiger partial charge < -0.3 is 19.9 Å². The summed E-state index contributed by atoms with van der Waals surface area (Å²) >= 11 is 0. The lowest BCUT2D eigenvalue weighted by molar-refractivity contribution is -0.142. The second kappa shape index (κ2) is 8.77. The molecule has 0 unspecified atom stereocenters. The zero-order chi connectivity index (χ0) is 21.0. The maximum atomic E-state index is 12.0. The summed E-state index contributed by atoms with van der Waals surface area (Å²) in [4.78, 5) is 34.9. The molecular weight excluding hydrogens is 370 g/mol. The number of rotatable bonds is 7. The minimum atomic E-state index is -0.572. The number of esters is 1. The summed E-state index contributed by atoms with van der Waals surface area (Å²) in [5.41, 5.74) is 4.47. The van der Waals surface area contributed by atoms with E-state index in [1.165, 1.54) is 31.5 Å². The van der Waals surface area contributed by atoms with Gasteiger partial charge in [-0.3, -0.25) is 9.59 Å². The Labute approximate surface area is 169 Å². The SMILES string of the molecule is CC(=O)Nc1ccc(NC(=O)COC(=O)/C=C/c2cc(C)n(C3CC3)c2C)cc1. The van der Waals surface area contributed by atoms with Crippen molar-refractivity contribution in [3.63, 3.8) is 0 Å². The van der Waals surface area contributed by atoms with Gasteiger partial charge in [-0.2, -0.15) is 0 Å². The Bertz CT molecular complexity index is 953. The number of nitrogens with zero attached hydrogens (tertiary/aromatic N) is 1. The van der Waals surface area contributed by atoms with Gasteiger partial charge >= 0.3 is 5.97 Å². The smallest absolute Gasteiger partial charge is 0.331 e. The molecule has 1 saturated carbocycles. The maximum Gasteiger partial charge on any atom is 0.331 e. The van der Waals surface area contributed by atoms with Crippen LogP contribution >= 0.6 is 0 Å². The van der Waals surface area contributed by atoms with Crippen molar-refractivity contribution in [2.24, 2.45) is 0 Å². The normalized spacial score (nSPS) is 13.3. The summed E-state index contributed by atoms with van der Waals surface area (Å²) in [5.74, 6) is -1.18. The third kappa shape index (κ3) is 5.57.